The van der Waals surface area contributed by atoms with Gasteiger partial charge in [-0.05, 0) is 44.9 Å². The number of hydrogen-bond acceptors (Lipinski definition) is 5. The lowest BCUT2D eigenvalue weighted by molar-refractivity contribution is 0.0719. The third-order valence-corrected chi connectivity index (χ3v) is 4.05. The van der Waals surface area contributed by atoms with Crippen LogP contribution in [0.4, 0.5) is 4.39 Å². The molecule has 2 heterocycles. The van der Waals surface area contributed by atoms with E-state index in [1.54, 1.807) is 11.8 Å². The summed E-state index contributed by atoms with van der Waals surface area (Å²) >= 11 is 0. The molecular weight excluding hydrogens is 299 g/mol. The average molecular weight is 316 g/mol. The van der Waals surface area contributed by atoms with Gasteiger partial charge >= 0.3 is 0 Å². The van der Waals surface area contributed by atoms with Crippen LogP contribution in [0, 0.1) is 18.2 Å². The molecule has 2 aromatic rings. The van der Waals surface area contributed by atoms with Crippen LogP contribution in [0.1, 0.15) is 35.9 Å². The van der Waals surface area contributed by atoms with Crippen molar-refractivity contribution in [3.8, 4) is 11.5 Å². The van der Waals surface area contributed by atoms with Gasteiger partial charge in [-0.3, -0.25) is 4.79 Å². The molecule has 1 amide bonds. The van der Waals surface area contributed by atoms with Crippen molar-refractivity contribution in [1.82, 2.24) is 15.0 Å². The van der Waals surface area contributed by atoms with Crippen LogP contribution in [-0.2, 0) is 0 Å². The minimum absolute atomic E-state index is 0.116. The Balaban J connectivity index is 2.02. The summed E-state index contributed by atoms with van der Waals surface area (Å²) < 4.78 is 18.7. The first-order chi connectivity index (χ1) is 11.0. The Morgan fingerprint density at radius 2 is 2.26 bits per heavy atom. The topological polar surface area (TPSA) is 83.1 Å². The zero-order chi connectivity index (χ0) is 16.6. The highest BCUT2D eigenvalue weighted by molar-refractivity contribution is 6.03. The number of carbonyl (C=O) groups excluding carboxylic acids is 1. The number of piperidine rings is 1. The van der Waals surface area contributed by atoms with Gasteiger partial charge in [-0.25, -0.2) is 4.39 Å². The number of hydrogen-bond donors (Lipinski definition) is 1. The zero-order valence-electron chi connectivity index (χ0n) is 13.0. The number of amides is 1. The van der Waals surface area contributed by atoms with E-state index in [4.69, 9.17) is 9.93 Å². The van der Waals surface area contributed by atoms with E-state index >= 15 is 0 Å². The van der Waals surface area contributed by atoms with Gasteiger partial charge in [0.05, 0.1) is 17.2 Å². The van der Waals surface area contributed by atoms with Gasteiger partial charge in [-0.2, -0.15) is 4.98 Å². The van der Waals surface area contributed by atoms with Crippen LogP contribution in [0.2, 0.25) is 0 Å². The molecule has 1 N–H and O–H groups in total. The quantitative estimate of drug-likeness (QED) is 0.923. The molecule has 6 nitrogen and oxygen atoms in total. The smallest absolute Gasteiger partial charge is 0.258 e. The lowest BCUT2D eigenvalue weighted by Gasteiger charge is -2.34. The fourth-order valence-electron chi connectivity index (χ4n) is 2.75. The van der Waals surface area contributed by atoms with Crippen molar-refractivity contribution in [3.63, 3.8) is 0 Å². The van der Waals surface area contributed by atoms with Gasteiger partial charge in [0, 0.05) is 12.3 Å². The lowest BCUT2D eigenvalue weighted by Crippen LogP contribution is -2.47. The Kier molecular flexibility index (Phi) is 3.94. The molecule has 0 saturated carbocycles. The number of nitrogens with zero attached hydrogens (tertiary/aromatic N) is 3. The number of halogens is 1. The molecule has 0 bridgehead atoms. The number of carbonyl (C=O) groups is 1. The Morgan fingerprint density at radius 1 is 1.48 bits per heavy atom. The molecule has 1 aliphatic heterocycles. The molecule has 1 atom stereocenters. The van der Waals surface area contributed by atoms with Crippen LogP contribution in [-0.4, -0.2) is 39.2 Å². The molecule has 3 rings (SSSR count). The van der Waals surface area contributed by atoms with E-state index in [1.807, 2.05) is 6.92 Å². The second-order valence-corrected chi connectivity index (χ2v) is 5.64. The second-order valence-electron chi connectivity index (χ2n) is 5.64. The highest BCUT2D eigenvalue weighted by Crippen LogP contribution is 2.26. The largest absolute Gasteiger partial charge is 0.334 e. The standard InChI is InChI=1S/C16H17FN4O2/c1-9-14(18)4-3-7-21(9)16(22)12-6-5-11(17)8-13(12)15-19-10(2)20-23-15/h5-6,8-9,18H,3-4,7H2,1-2H3/t9-/m0/s1. The Bertz CT molecular complexity index is 771. The molecule has 1 fully saturated rings. The molecule has 1 aromatic heterocycles. The fourth-order valence-corrected chi connectivity index (χ4v) is 2.75. The molecule has 0 aliphatic carbocycles. The van der Waals surface area contributed by atoms with Crippen LogP contribution in [0.25, 0.3) is 11.5 Å². The number of aromatic nitrogens is 2. The molecule has 1 aliphatic rings. The second kappa shape index (κ2) is 5.91. The summed E-state index contributed by atoms with van der Waals surface area (Å²) in [7, 11) is 0. The predicted octanol–water partition coefficient (Wildman–Crippen LogP) is 2.83. The zero-order valence-corrected chi connectivity index (χ0v) is 13.0. The number of benzene rings is 1. The van der Waals surface area contributed by atoms with Crippen LogP contribution >= 0.6 is 0 Å². The van der Waals surface area contributed by atoms with Gasteiger partial charge in [0.1, 0.15) is 5.82 Å². The lowest BCUT2D eigenvalue weighted by atomic mass is 9.98. The highest BCUT2D eigenvalue weighted by atomic mass is 19.1. The van der Waals surface area contributed by atoms with Crippen molar-refractivity contribution in [3.05, 3.63) is 35.4 Å². The summed E-state index contributed by atoms with van der Waals surface area (Å²) in [5, 5.41) is 11.6. The third kappa shape index (κ3) is 2.86. The summed E-state index contributed by atoms with van der Waals surface area (Å²) in [6, 6.07) is 3.62. The highest BCUT2D eigenvalue weighted by Gasteiger charge is 2.30. The molecule has 120 valence electrons. The molecule has 23 heavy (non-hydrogen) atoms. The van der Waals surface area contributed by atoms with E-state index in [2.05, 4.69) is 10.1 Å². The Labute approximate surface area is 132 Å². The minimum atomic E-state index is -0.480. The summed E-state index contributed by atoms with van der Waals surface area (Å²) in [6.45, 7) is 4.06. The molecular formula is C16H17FN4O2. The van der Waals surface area contributed by atoms with Crippen molar-refractivity contribution in [2.45, 2.75) is 32.7 Å². The van der Waals surface area contributed by atoms with Crippen molar-refractivity contribution in [2.24, 2.45) is 0 Å². The summed E-state index contributed by atoms with van der Waals surface area (Å²) in [6.07, 6.45) is 1.45. The molecule has 0 unspecified atom stereocenters. The maximum atomic E-state index is 13.6. The van der Waals surface area contributed by atoms with E-state index < -0.39 is 5.82 Å². The van der Waals surface area contributed by atoms with Crippen molar-refractivity contribution in [1.29, 1.82) is 5.41 Å². The van der Waals surface area contributed by atoms with Crippen LogP contribution < -0.4 is 0 Å². The third-order valence-electron chi connectivity index (χ3n) is 4.05. The van der Waals surface area contributed by atoms with Crippen LogP contribution in [0.3, 0.4) is 0 Å². The first-order valence-corrected chi connectivity index (χ1v) is 7.46. The predicted molar refractivity (Wildman–Crippen MR) is 81.9 cm³/mol. The Hall–Kier alpha value is -2.57. The molecule has 0 spiro atoms. The first-order valence-electron chi connectivity index (χ1n) is 7.46. The fraction of sp³-hybridized carbons (Fsp3) is 0.375. The van der Waals surface area contributed by atoms with E-state index in [9.17, 15) is 9.18 Å². The van der Waals surface area contributed by atoms with Gasteiger partial charge in [0.2, 0.25) is 0 Å². The van der Waals surface area contributed by atoms with Gasteiger partial charge < -0.3 is 14.8 Å². The van der Waals surface area contributed by atoms with E-state index in [0.29, 0.717) is 30.1 Å². The first kappa shape index (κ1) is 15.3. The van der Waals surface area contributed by atoms with E-state index in [0.717, 1.165) is 6.42 Å². The van der Waals surface area contributed by atoms with E-state index in [-0.39, 0.29) is 23.4 Å². The van der Waals surface area contributed by atoms with Crippen LogP contribution in [0.15, 0.2) is 22.7 Å². The number of aryl methyl sites for hydroxylation is 1. The van der Waals surface area contributed by atoms with Gasteiger partial charge in [0.15, 0.2) is 5.82 Å². The van der Waals surface area contributed by atoms with Gasteiger partial charge in [-0.1, -0.05) is 5.16 Å². The SMILES string of the molecule is Cc1noc(-c2cc(F)ccc2C(=O)N2CCCC(=N)[C@@H]2C)n1. The molecule has 7 heteroatoms. The Morgan fingerprint density at radius 3 is 2.96 bits per heavy atom. The monoisotopic (exact) mass is 316 g/mol. The molecule has 0 radical (unpaired) electrons. The van der Waals surface area contributed by atoms with Crippen molar-refractivity contribution < 1.29 is 13.7 Å². The summed E-state index contributed by atoms with van der Waals surface area (Å²) in [5.41, 5.74) is 1.11. The number of likely N-dealkylation sites (tertiary alicyclic amines) is 1. The minimum Gasteiger partial charge on any atom is -0.334 e. The number of nitrogens with one attached hydrogen (secondary N) is 1. The van der Waals surface area contributed by atoms with Gasteiger partial charge in [-0.15, -0.1) is 0 Å². The maximum Gasteiger partial charge on any atom is 0.258 e. The van der Waals surface area contributed by atoms with Gasteiger partial charge in [0.25, 0.3) is 11.8 Å². The van der Waals surface area contributed by atoms with E-state index in [1.165, 1.54) is 18.2 Å². The maximum absolute atomic E-state index is 13.6. The molecule has 1 saturated heterocycles. The van der Waals surface area contributed by atoms with Crippen molar-refractivity contribution in [2.75, 3.05) is 6.54 Å². The average Bonchev–Trinajstić information content (AvgIpc) is 2.96. The number of rotatable bonds is 2. The van der Waals surface area contributed by atoms with Crippen LogP contribution in [0.5, 0.6) is 0 Å². The molecule has 1 aromatic carbocycles. The summed E-state index contributed by atoms with van der Waals surface area (Å²) in [5.74, 6) is -0.208. The van der Waals surface area contributed by atoms with Crippen molar-refractivity contribution >= 4 is 11.6 Å². The normalized spacial score (nSPS) is 18.3. The summed E-state index contributed by atoms with van der Waals surface area (Å²) in [4.78, 5) is 18.6.